The van der Waals surface area contributed by atoms with Gasteiger partial charge in [0.2, 0.25) is 0 Å². The van der Waals surface area contributed by atoms with E-state index in [2.05, 4.69) is 72.1 Å². The van der Waals surface area contributed by atoms with Crippen LogP contribution in [0, 0.1) is 0 Å². The van der Waals surface area contributed by atoms with E-state index in [1.165, 1.54) is 21.7 Å². The standard InChI is InChI=1S/C16H15NS/c1-2-18-16-15(13-8-4-3-5-9-13)12-14-10-6-7-11-17(14)16/h3-12H,2H2,1H3. The van der Waals surface area contributed by atoms with Crippen molar-refractivity contribution >= 4 is 17.3 Å². The first-order valence-corrected chi connectivity index (χ1v) is 7.17. The number of hydrogen-bond acceptors (Lipinski definition) is 1. The highest BCUT2D eigenvalue weighted by Gasteiger charge is 2.10. The largest absolute Gasteiger partial charge is 0.311 e. The van der Waals surface area contributed by atoms with Gasteiger partial charge in [-0.15, -0.1) is 11.8 Å². The summed E-state index contributed by atoms with van der Waals surface area (Å²) in [5.41, 5.74) is 3.87. The van der Waals surface area contributed by atoms with E-state index in [0.717, 1.165) is 5.75 Å². The third-order valence-electron chi connectivity index (χ3n) is 3.00. The number of fused-ring (bicyclic) bond motifs is 1. The van der Waals surface area contributed by atoms with Crippen molar-refractivity contribution < 1.29 is 0 Å². The van der Waals surface area contributed by atoms with Crippen LogP contribution < -0.4 is 0 Å². The van der Waals surface area contributed by atoms with Gasteiger partial charge in [-0.25, -0.2) is 0 Å². The molecule has 0 saturated heterocycles. The van der Waals surface area contributed by atoms with Crippen LogP contribution in [-0.4, -0.2) is 10.2 Å². The highest BCUT2D eigenvalue weighted by atomic mass is 32.2. The van der Waals surface area contributed by atoms with Crippen LogP contribution in [0.2, 0.25) is 0 Å². The van der Waals surface area contributed by atoms with Gasteiger partial charge >= 0.3 is 0 Å². The Labute approximate surface area is 111 Å². The van der Waals surface area contributed by atoms with E-state index in [1.807, 2.05) is 11.8 Å². The second-order valence-electron chi connectivity index (χ2n) is 4.16. The number of thioether (sulfide) groups is 1. The average molecular weight is 253 g/mol. The lowest BCUT2D eigenvalue weighted by atomic mass is 10.1. The zero-order valence-electron chi connectivity index (χ0n) is 10.3. The minimum absolute atomic E-state index is 1.08. The normalized spacial score (nSPS) is 10.9. The minimum Gasteiger partial charge on any atom is -0.311 e. The Bertz CT molecular complexity index is 655. The quantitative estimate of drug-likeness (QED) is 0.611. The summed E-state index contributed by atoms with van der Waals surface area (Å²) < 4.78 is 2.27. The molecule has 3 rings (SSSR count). The molecular formula is C16H15NS. The lowest BCUT2D eigenvalue weighted by Gasteiger charge is -2.04. The number of hydrogen-bond donors (Lipinski definition) is 0. The second-order valence-corrected chi connectivity index (χ2v) is 5.41. The van der Waals surface area contributed by atoms with E-state index in [4.69, 9.17) is 0 Å². The molecule has 1 aromatic carbocycles. The van der Waals surface area contributed by atoms with E-state index in [1.54, 1.807) is 0 Å². The van der Waals surface area contributed by atoms with Crippen LogP contribution in [0.4, 0.5) is 0 Å². The Kier molecular flexibility index (Phi) is 3.11. The highest BCUT2D eigenvalue weighted by Crippen LogP contribution is 2.34. The molecule has 3 aromatic rings. The number of benzene rings is 1. The Hall–Kier alpha value is -1.67. The fourth-order valence-corrected chi connectivity index (χ4v) is 3.12. The molecule has 2 heteroatoms. The molecule has 0 aliphatic heterocycles. The minimum atomic E-state index is 1.08. The monoisotopic (exact) mass is 253 g/mol. The maximum absolute atomic E-state index is 2.27. The lowest BCUT2D eigenvalue weighted by Crippen LogP contribution is -1.86. The van der Waals surface area contributed by atoms with Gasteiger partial charge in [0, 0.05) is 17.3 Å². The zero-order valence-corrected chi connectivity index (χ0v) is 11.2. The van der Waals surface area contributed by atoms with E-state index in [-0.39, 0.29) is 0 Å². The molecule has 0 bridgehead atoms. The Morgan fingerprint density at radius 2 is 1.78 bits per heavy atom. The van der Waals surface area contributed by atoms with Crippen molar-refractivity contribution in [3.63, 3.8) is 0 Å². The zero-order chi connectivity index (χ0) is 12.4. The molecule has 0 fully saturated rings. The van der Waals surface area contributed by atoms with Crippen molar-refractivity contribution in [1.29, 1.82) is 0 Å². The van der Waals surface area contributed by atoms with Crippen molar-refractivity contribution in [1.82, 2.24) is 4.40 Å². The molecule has 0 N–H and O–H groups in total. The van der Waals surface area contributed by atoms with Crippen LogP contribution in [0.5, 0.6) is 0 Å². The molecule has 0 amide bonds. The van der Waals surface area contributed by atoms with E-state index in [0.29, 0.717) is 0 Å². The number of rotatable bonds is 3. The molecule has 0 saturated carbocycles. The predicted molar refractivity (Wildman–Crippen MR) is 79.2 cm³/mol. The summed E-state index contributed by atoms with van der Waals surface area (Å²) in [4.78, 5) is 0. The van der Waals surface area contributed by atoms with Crippen LogP contribution in [0.1, 0.15) is 6.92 Å². The van der Waals surface area contributed by atoms with Crippen molar-refractivity contribution in [2.24, 2.45) is 0 Å². The van der Waals surface area contributed by atoms with Crippen LogP contribution in [-0.2, 0) is 0 Å². The SMILES string of the molecule is CCSc1c(-c2ccccc2)cc2ccccn12. The first-order valence-electron chi connectivity index (χ1n) is 6.18. The first kappa shape index (κ1) is 11.4. The summed E-state index contributed by atoms with van der Waals surface area (Å²) in [6.07, 6.45) is 2.14. The van der Waals surface area contributed by atoms with E-state index < -0.39 is 0 Å². The molecular weight excluding hydrogens is 238 g/mol. The summed E-state index contributed by atoms with van der Waals surface area (Å²) in [5, 5.41) is 1.33. The fraction of sp³-hybridized carbons (Fsp3) is 0.125. The predicted octanol–water partition coefficient (Wildman–Crippen LogP) is 4.72. The van der Waals surface area contributed by atoms with Crippen molar-refractivity contribution in [3.8, 4) is 11.1 Å². The van der Waals surface area contributed by atoms with Gasteiger partial charge in [0.1, 0.15) is 0 Å². The Morgan fingerprint density at radius 1 is 1.00 bits per heavy atom. The second kappa shape index (κ2) is 4.91. The molecule has 0 radical (unpaired) electrons. The van der Waals surface area contributed by atoms with Gasteiger partial charge in [0.25, 0.3) is 0 Å². The number of nitrogens with zero attached hydrogens (tertiary/aromatic N) is 1. The molecule has 0 aliphatic carbocycles. The molecule has 2 aromatic heterocycles. The molecule has 90 valence electrons. The van der Waals surface area contributed by atoms with Crippen LogP contribution >= 0.6 is 11.8 Å². The summed E-state index contributed by atoms with van der Waals surface area (Å²) >= 11 is 1.90. The van der Waals surface area contributed by atoms with Crippen molar-refractivity contribution in [2.75, 3.05) is 5.75 Å². The fourth-order valence-electron chi connectivity index (χ4n) is 2.21. The Balaban J connectivity index is 2.25. The first-order chi connectivity index (χ1) is 8.90. The molecule has 0 spiro atoms. The van der Waals surface area contributed by atoms with E-state index >= 15 is 0 Å². The molecule has 0 atom stereocenters. The third kappa shape index (κ3) is 1.93. The average Bonchev–Trinajstić information content (AvgIpc) is 2.80. The highest BCUT2D eigenvalue weighted by molar-refractivity contribution is 7.99. The maximum atomic E-state index is 2.27. The van der Waals surface area contributed by atoms with Gasteiger partial charge in [-0.3, -0.25) is 0 Å². The molecule has 2 heterocycles. The van der Waals surface area contributed by atoms with Gasteiger partial charge < -0.3 is 4.40 Å². The van der Waals surface area contributed by atoms with Crippen LogP contribution in [0.3, 0.4) is 0 Å². The number of pyridine rings is 1. The Morgan fingerprint density at radius 3 is 2.56 bits per heavy atom. The van der Waals surface area contributed by atoms with Crippen molar-refractivity contribution in [3.05, 3.63) is 60.8 Å². The van der Waals surface area contributed by atoms with Crippen LogP contribution in [0.15, 0.2) is 65.8 Å². The van der Waals surface area contributed by atoms with Gasteiger partial charge in [-0.2, -0.15) is 0 Å². The maximum Gasteiger partial charge on any atom is 0.0873 e. The summed E-state index contributed by atoms with van der Waals surface area (Å²) in [6.45, 7) is 2.20. The summed E-state index contributed by atoms with van der Waals surface area (Å²) in [6, 6.07) is 19.2. The van der Waals surface area contributed by atoms with Gasteiger partial charge in [-0.1, -0.05) is 43.3 Å². The van der Waals surface area contributed by atoms with Crippen LogP contribution in [0.25, 0.3) is 16.6 Å². The molecule has 18 heavy (non-hydrogen) atoms. The summed E-state index contributed by atoms with van der Waals surface area (Å²) in [7, 11) is 0. The van der Waals surface area contributed by atoms with Gasteiger partial charge in [0.15, 0.2) is 0 Å². The molecule has 0 aliphatic rings. The van der Waals surface area contributed by atoms with Crippen molar-refractivity contribution in [2.45, 2.75) is 11.9 Å². The smallest absolute Gasteiger partial charge is 0.0873 e. The van der Waals surface area contributed by atoms with E-state index in [9.17, 15) is 0 Å². The third-order valence-corrected chi connectivity index (χ3v) is 3.98. The lowest BCUT2D eigenvalue weighted by molar-refractivity contribution is 1.05. The molecule has 0 unspecified atom stereocenters. The van der Waals surface area contributed by atoms with Gasteiger partial charge in [0.05, 0.1) is 5.03 Å². The summed E-state index contributed by atoms with van der Waals surface area (Å²) in [5.74, 6) is 1.08. The number of aromatic nitrogens is 1. The topological polar surface area (TPSA) is 4.41 Å². The van der Waals surface area contributed by atoms with Gasteiger partial charge in [-0.05, 0) is 29.5 Å². The molecule has 1 nitrogen and oxygen atoms in total.